The Hall–Kier alpha value is -1.61. The minimum absolute atomic E-state index is 0.593. The number of alkyl halides is 2. The van der Waals surface area contributed by atoms with Gasteiger partial charge in [-0.05, 0) is 0 Å². The van der Waals surface area contributed by atoms with Gasteiger partial charge in [0, 0.05) is 0 Å². The molecule has 3 N–H and O–H groups in total. The van der Waals surface area contributed by atoms with Gasteiger partial charge in [-0.25, -0.2) is 18.0 Å². The van der Waals surface area contributed by atoms with Crippen molar-refractivity contribution in [2.75, 3.05) is 12.3 Å². The average molecular weight is 265 g/mol. The molecule has 2 heterocycles. The standard InChI is InChI=1S/C9H10F3N3O3/c10-4-2-15(8(17)14-7(4)13)6-1-9(11,12)5(3-16)18-6/h2,5-6,16H,1,3H2,(H2,13,14,17)/t5-,6-/m0/s1. The second-order valence-corrected chi connectivity index (χ2v) is 3.89. The Morgan fingerprint density at radius 3 is 2.89 bits per heavy atom. The van der Waals surface area contributed by atoms with E-state index in [0.29, 0.717) is 10.8 Å². The van der Waals surface area contributed by atoms with Gasteiger partial charge in [-0.15, -0.1) is 0 Å². The fourth-order valence-electron chi connectivity index (χ4n) is 1.71. The van der Waals surface area contributed by atoms with Crippen LogP contribution in [-0.4, -0.2) is 33.3 Å². The van der Waals surface area contributed by atoms with Gasteiger partial charge in [0.05, 0.1) is 19.2 Å². The summed E-state index contributed by atoms with van der Waals surface area (Å²) in [4.78, 5) is 14.5. The second kappa shape index (κ2) is 4.25. The third kappa shape index (κ3) is 2.06. The van der Waals surface area contributed by atoms with Crippen LogP contribution in [0, 0.1) is 5.82 Å². The van der Waals surface area contributed by atoms with Crippen molar-refractivity contribution in [1.82, 2.24) is 9.55 Å². The second-order valence-electron chi connectivity index (χ2n) is 3.89. The first kappa shape index (κ1) is 12.8. The maximum absolute atomic E-state index is 13.3. The smallest absolute Gasteiger partial charge is 0.351 e. The Bertz CT molecular complexity index is 520. The van der Waals surface area contributed by atoms with E-state index in [-0.39, 0.29) is 0 Å². The highest BCUT2D eigenvalue weighted by Crippen LogP contribution is 2.40. The van der Waals surface area contributed by atoms with Crippen molar-refractivity contribution >= 4 is 5.82 Å². The largest absolute Gasteiger partial charge is 0.393 e. The molecule has 1 aliphatic heterocycles. The molecule has 2 rings (SSSR count). The number of hydrogen-bond donors (Lipinski definition) is 2. The lowest BCUT2D eigenvalue weighted by atomic mass is 10.2. The molecule has 0 saturated carbocycles. The van der Waals surface area contributed by atoms with Crippen molar-refractivity contribution < 1.29 is 23.0 Å². The summed E-state index contributed by atoms with van der Waals surface area (Å²) >= 11 is 0. The predicted molar refractivity (Wildman–Crippen MR) is 53.4 cm³/mol. The molecule has 2 atom stereocenters. The van der Waals surface area contributed by atoms with Crippen molar-refractivity contribution in [3.8, 4) is 0 Å². The van der Waals surface area contributed by atoms with Gasteiger partial charge in [0.15, 0.2) is 11.6 Å². The van der Waals surface area contributed by atoms with Crippen molar-refractivity contribution in [1.29, 1.82) is 0 Å². The van der Waals surface area contributed by atoms with E-state index < -0.39 is 48.6 Å². The summed E-state index contributed by atoms with van der Waals surface area (Å²) in [6, 6.07) is 0. The van der Waals surface area contributed by atoms with Gasteiger partial charge in [0.2, 0.25) is 0 Å². The van der Waals surface area contributed by atoms with E-state index in [1.54, 1.807) is 0 Å². The number of aromatic nitrogens is 2. The molecule has 1 aromatic rings. The molecule has 0 amide bonds. The molecule has 1 saturated heterocycles. The highest BCUT2D eigenvalue weighted by atomic mass is 19.3. The Labute approximate surface area is 98.8 Å². The third-order valence-corrected chi connectivity index (χ3v) is 2.65. The Kier molecular flexibility index (Phi) is 3.03. The fraction of sp³-hybridized carbons (Fsp3) is 0.556. The minimum atomic E-state index is -3.29. The fourth-order valence-corrected chi connectivity index (χ4v) is 1.71. The topological polar surface area (TPSA) is 90.4 Å². The van der Waals surface area contributed by atoms with E-state index in [1.807, 2.05) is 0 Å². The van der Waals surface area contributed by atoms with Gasteiger partial charge in [0.1, 0.15) is 12.3 Å². The first-order chi connectivity index (χ1) is 8.35. The van der Waals surface area contributed by atoms with E-state index >= 15 is 0 Å². The summed E-state index contributed by atoms with van der Waals surface area (Å²) in [5, 5.41) is 8.73. The van der Waals surface area contributed by atoms with E-state index in [0.717, 1.165) is 0 Å². The van der Waals surface area contributed by atoms with Gasteiger partial charge in [-0.1, -0.05) is 0 Å². The van der Waals surface area contributed by atoms with Gasteiger partial charge in [-0.3, -0.25) is 4.57 Å². The lowest BCUT2D eigenvalue weighted by molar-refractivity contribution is -0.102. The average Bonchev–Trinajstić information content (AvgIpc) is 2.58. The molecule has 100 valence electrons. The zero-order chi connectivity index (χ0) is 13.5. The van der Waals surface area contributed by atoms with Crippen LogP contribution in [0.3, 0.4) is 0 Å². The van der Waals surface area contributed by atoms with Crippen LogP contribution in [0.2, 0.25) is 0 Å². The van der Waals surface area contributed by atoms with Crippen molar-refractivity contribution in [3.63, 3.8) is 0 Å². The van der Waals surface area contributed by atoms with Crippen molar-refractivity contribution in [2.24, 2.45) is 0 Å². The predicted octanol–water partition coefficient (Wildman–Crippen LogP) is -0.120. The highest BCUT2D eigenvalue weighted by molar-refractivity contribution is 5.26. The summed E-state index contributed by atoms with van der Waals surface area (Å²) < 4.78 is 45.2. The zero-order valence-corrected chi connectivity index (χ0v) is 9.02. The number of hydrogen-bond acceptors (Lipinski definition) is 5. The lowest BCUT2D eigenvalue weighted by Crippen LogP contribution is -2.31. The molecule has 6 nitrogen and oxygen atoms in total. The first-order valence-electron chi connectivity index (χ1n) is 5.03. The molecule has 0 radical (unpaired) electrons. The Morgan fingerprint density at radius 2 is 2.33 bits per heavy atom. The molecule has 18 heavy (non-hydrogen) atoms. The van der Waals surface area contributed by atoms with Gasteiger partial charge < -0.3 is 15.6 Å². The lowest BCUT2D eigenvalue weighted by Gasteiger charge is -2.14. The molecule has 1 aromatic heterocycles. The van der Waals surface area contributed by atoms with E-state index in [9.17, 15) is 18.0 Å². The maximum Gasteiger partial charge on any atom is 0.351 e. The van der Waals surface area contributed by atoms with Crippen molar-refractivity contribution in [3.05, 3.63) is 22.5 Å². The number of nitrogens with zero attached hydrogens (tertiary/aromatic N) is 2. The highest BCUT2D eigenvalue weighted by Gasteiger charge is 2.50. The normalized spacial score (nSPS) is 26.4. The van der Waals surface area contributed by atoms with Crippen molar-refractivity contribution in [2.45, 2.75) is 24.7 Å². The molecule has 0 spiro atoms. The molecular formula is C9H10F3N3O3. The summed E-state index contributed by atoms with van der Waals surface area (Å²) in [5.41, 5.74) is 4.07. The Morgan fingerprint density at radius 1 is 1.67 bits per heavy atom. The molecule has 1 aliphatic rings. The van der Waals surface area contributed by atoms with Gasteiger partial charge in [0.25, 0.3) is 5.92 Å². The van der Waals surface area contributed by atoms with Crippen LogP contribution in [0.15, 0.2) is 11.0 Å². The van der Waals surface area contributed by atoms with Crippen LogP contribution < -0.4 is 11.4 Å². The molecule has 0 aromatic carbocycles. The van der Waals surface area contributed by atoms with Gasteiger partial charge >= 0.3 is 5.69 Å². The number of aliphatic hydroxyl groups excluding tert-OH is 1. The molecule has 1 fully saturated rings. The number of aliphatic hydroxyl groups is 1. The zero-order valence-electron chi connectivity index (χ0n) is 9.02. The number of rotatable bonds is 2. The molecule has 0 bridgehead atoms. The quantitative estimate of drug-likeness (QED) is 0.778. The molecule has 9 heteroatoms. The number of anilines is 1. The maximum atomic E-state index is 13.3. The molecular weight excluding hydrogens is 255 g/mol. The Balaban J connectivity index is 2.35. The summed E-state index contributed by atoms with van der Waals surface area (Å²) in [6.45, 7) is -0.900. The van der Waals surface area contributed by atoms with E-state index in [4.69, 9.17) is 15.6 Å². The number of nitrogen functional groups attached to an aromatic ring is 1. The molecule has 0 unspecified atom stereocenters. The van der Waals surface area contributed by atoms with Crippen LogP contribution in [-0.2, 0) is 4.74 Å². The van der Waals surface area contributed by atoms with Crippen LogP contribution in [0.5, 0.6) is 0 Å². The summed E-state index contributed by atoms with van der Waals surface area (Å²) in [5.74, 6) is -4.91. The van der Waals surface area contributed by atoms with Gasteiger partial charge in [-0.2, -0.15) is 4.98 Å². The monoisotopic (exact) mass is 265 g/mol. The first-order valence-corrected chi connectivity index (χ1v) is 5.03. The summed E-state index contributed by atoms with van der Waals surface area (Å²) in [7, 11) is 0. The number of ether oxygens (including phenoxy) is 1. The van der Waals surface area contributed by atoms with Crippen LogP contribution in [0.25, 0.3) is 0 Å². The third-order valence-electron chi connectivity index (χ3n) is 2.65. The number of nitrogens with two attached hydrogens (primary N) is 1. The van der Waals surface area contributed by atoms with E-state index in [2.05, 4.69) is 4.98 Å². The number of halogens is 3. The van der Waals surface area contributed by atoms with Crippen LogP contribution in [0.1, 0.15) is 12.6 Å². The SMILES string of the molecule is Nc1nc(=O)n([C@@H]2CC(F)(F)[C@H](CO)O2)cc1F. The minimum Gasteiger partial charge on any atom is -0.393 e. The van der Waals surface area contributed by atoms with Crippen LogP contribution >= 0.6 is 0 Å². The van der Waals surface area contributed by atoms with Crippen LogP contribution in [0.4, 0.5) is 19.0 Å². The van der Waals surface area contributed by atoms with E-state index in [1.165, 1.54) is 0 Å². The summed E-state index contributed by atoms with van der Waals surface area (Å²) in [6.07, 6.45) is -3.30. The molecule has 0 aliphatic carbocycles.